The lowest BCUT2D eigenvalue weighted by Crippen LogP contribution is -2.41. The summed E-state index contributed by atoms with van der Waals surface area (Å²) in [5.41, 5.74) is 0.690. The summed E-state index contributed by atoms with van der Waals surface area (Å²) >= 11 is 4.25. The molecule has 0 bridgehead atoms. The van der Waals surface area contributed by atoms with Gasteiger partial charge < -0.3 is 14.4 Å². The van der Waals surface area contributed by atoms with Crippen LogP contribution in [0.2, 0.25) is 0 Å². The average Bonchev–Trinajstić information content (AvgIpc) is 3.16. The van der Waals surface area contributed by atoms with E-state index in [1.807, 2.05) is 13.8 Å². The minimum absolute atomic E-state index is 0.148. The highest BCUT2D eigenvalue weighted by Crippen LogP contribution is 2.39. The molecule has 0 saturated carbocycles. The Morgan fingerprint density at radius 2 is 1.92 bits per heavy atom. The normalized spacial score (nSPS) is 17.3. The summed E-state index contributed by atoms with van der Waals surface area (Å²) in [5, 5.41) is -0.446. The van der Waals surface area contributed by atoms with Crippen LogP contribution in [0.5, 0.6) is 11.5 Å². The Balaban J connectivity index is 1.81. The number of rotatable bonds is 5. The summed E-state index contributed by atoms with van der Waals surface area (Å²) in [4.78, 5) is 39.8. The van der Waals surface area contributed by atoms with Crippen LogP contribution in [0, 0.1) is 0 Å². The number of nitrogens with zero attached hydrogens (tertiary/aromatic N) is 2. The molecule has 0 N–H and O–H groups in total. The van der Waals surface area contributed by atoms with Gasteiger partial charge in [-0.1, -0.05) is 15.9 Å². The number of ether oxygens (including phenoxy) is 2. The van der Waals surface area contributed by atoms with E-state index in [9.17, 15) is 14.4 Å². The molecule has 3 rings (SSSR count). The van der Waals surface area contributed by atoms with E-state index in [4.69, 9.17) is 9.47 Å². The summed E-state index contributed by atoms with van der Waals surface area (Å²) in [6.07, 6.45) is 1.61. The Morgan fingerprint density at radius 3 is 2.58 bits per heavy atom. The number of hydrogen-bond acceptors (Lipinski definition) is 6. The molecule has 138 valence electrons. The molecule has 1 fully saturated rings. The minimum Gasteiger partial charge on any atom is -0.454 e. The molecule has 3 amide bonds. The Morgan fingerprint density at radius 1 is 1.27 bits per heavy atom. The molecule has 2 aliphatic rings. The number of thioether (sulfide) groups is 1. The van der Waals surface area contributed by atoms with Crippen LogP contribution in [-0.2, 0) is 9.59 Å². The Labute approximate surface area is 163 Å². The van der Waals surface area contributed by atoms with Crippen LogP contribution in [0.1, 0.15) is 19.4 Å². The van der Waals surface area contributed by atoms with Gasteiger partial charge in [0.2, 0.25) is 12.7 Å². The lowest BCUT2D eigenvalue weighted by Gasteiger charge is -2.21. The first kappa shape index (κ1) is 18.8. The van der Waals surface area contributed by atoms with Crippen molar-refractivity contribution in [3.63, 3.8) is 0 Å². The first-order valence-corrected chi connectivity index (χ1v) is 9.67. The molecule has 2 heterocycles. The molecule has 0 unspecified atom stereocenters. The zero-order valence-electron chi connectivity index (χ0n) is 14.3. The molecule has 7 nitrogen and oxygen atoms in total. The van der Waals surface area contributed by atoms with Gasteiger partial charge in [-0.15, -0.1) is 0 Å². The van der Waals surface area contributed by atoms with Gasteiger partial charge in [0.05, 0.1) is 4.91 Å². The largest absolute Gasteiger partial charge is 0.454 e. The number of halogens is 1. The smallest absolute Gasteiger partial charge is 0.294 e. The molecule has 0 radical (unpaired) electrons. The van der Waals surface area contributed by atoms with Crippen LogP contribution in [0.15, 0.2) is 21.5 Å². The van der Waals surface area contributed by atoms with Crippen molar-refractivity contribution in [3.8, 4) is 11.5 Å². The molecule has 1 aromatic carbocycles. The van der Waals surface area contributed by atoms with Crippen molar-refractivity contribution >= 4 is 50.8 Å². The van der Waals surface area contributed by atoms with E-state index < -0.39 is 11.1 Å². The summed E-state index contributed by atoms with van der Waals surface area (Å²) in [6, 6.07) is 3.49. The number of hydrogen-bond donors (Lipinski definition) is 0. The van der Waals surface area contributed by atoms with Crippen molar-refractivity contribution in [3.05, 3.63) is 27.1 Å². The first-order chi connectivity index (χ1) is 12.4. The number of carbonyl (C=O) groups excluding carboxylic acids is 3. The van der Waals surface area contributed by atoms with E-state index in [2.05, 4.69) is 15.9 Å². The van der Waals surface area contributed by atoms with E-state index in [1.54, 1.807) is 23.1 Å². The van der Waals surface area contributed by atoms with Crippen molar-refractivity contribution in [1.29, 1.82) is 0 Å². The molecular weight excluding hydrogens is 424 g/mol. The Kier molecular flexibility index (Phi) is 5.57. The number of amides is 3. The van der Waals surface area contributed by atoms with Crippen molar-refractivity contribution in [2.75, 3.05) is 26.4 Å². The fraction of sp³-hybridized carbons (Fsp3) is 0.353. The predicted octanol–water partition coefficient (Wildman–Crippen LogP) is 3.08. The highest BCUT2D eigenvalue weighted by Gasteiger charge is 2.37. The van der Waals surface area contributed by atoms with Crippen LogP contribution in [0.25, 0.3) is 6.08 Å². The van der Waals surface area contributed by atoms with Gasteiger partial charge in [-0.25, -0.2) is 0 Å². The minimum atomic E-state index is -0.468. The Bertz CT molecular complexity index is 807. The maximum absolute atomic E-state index is 12.6. The maximum Gasteiger partial charge on any atom is 0.294 e. The van der Waals surface area contributed by atoms with Crippen LogP contribution in [0.4, 0.5) is 4.79 Å². The van der Waals surface area contributed by atoms with Crippen LogP contribution < -0.4 is 9.47 Å². The lowest BCUT2D eigenvalue weighted by atomic mass is 10.2. The molecule has 1 saturated heterocycles. The topological polar surface area (TPSA) is 76.2 Å². The summed E-state index contributed by atoms with van der Waals surface area (Å²) in [6.45, 7) is 4.68. The van der Waals surface area contributed by atoms with E-state index in [1.165, 1.54) is 0 Å². The third-order valence-corrected chi connectivity index (χ3v) is 5.66. The molecular formula is C17H17BrN2O5S. The summed E-state index contributed by atoms with van der Waals surface area (Å²) in [5.74, 6) is 0.482. The third-order valence-electron chi connectivity index (χ3n) is 4.06. The van der Waals surface area contributed by atoms with Crippen molar-refractivity contribution < 1.29 is 23.9 Å². The second-order valence-corrected chi connectivity index (χ2v) is 7.41. The molecule has 0 aliphatic carbocycles. The van der Waals surface area contributed by atoms with Crippen LogP contribution in [-0.4, -0.2) is 53.3 Å². The SMILES string of the molecule is CCN(CC)C(=O)CN1C(=O)S/C(=C\c2cc3c(cc2Br)OCO3)C1=O. The average molecular weight is 441 g/mol. The third kappa shape index (κ3) is 3.59. The maximum atomic E-state index is 12.6. The highest BCUT2D eigenvalue weighted by atomic mass is 79.9. The standard InChI is InChI=1S/C17H17BrN2O5S/c1-3-19(4-2)15(21)8-20-16(22)14(26-17(20)23)6-10-5-12-13(7-11(10)18)25-9-24-12/h5-7H,3-4,8-9H2,1-2H3/b14-6-. The van der Waals surface area contributed by atoms with Gasteiger partial charge in [0, 0.05) is 17.6 Å². The van der Waals surface area contributed by atoms with Gasteiger partial charge in [-0.05, 0) is 49.4 Å². The molecule has 2 aliphatic heterocycles. The Hall–Kier alpha value is -2.00. The zero-order chi connectivity index (χ0) is 18.8. The van der Waals surface area contributed by atoms with Gasteiger partial charge in [0.15, 0.2) is 11.5 Å². The monoisotopic (exact) mass is 440 g/mol. The van der Waals surface area contributed by atoms with Crippen molar-refractivity contribution in [1.82, 2.24) is 9.80 Å². The first-order valence-electron chi connectivity index (χ1n) is 8.06. The molecule has 0 spiro atoms. The number of fused-ring (bicyclic) bond motifs is 1. The number of benzene rings is 1. The number of likely N-dealkylation sites (N-methyl/N-ethyl adjacent to an activating group) is 1. The highest BCUT2D eigenvalue weighted by molar-refractivity contribution is 9.10. The zero-order valence-corrected chi connectivity index (χ0v) is 16.7. The van der Waals surface area contributed by atoms with E-state index in [0.29, 0.717) is 34.6 Å². The second-order valence-electron chi connectivity index (χ2n) is 5.56. The molecule has 9 heteroatoms. The fourth-order valence-electron chi connectivity index (χ4n) is 2.63. The predicted molar refractivity (Wildman–Crippen MR) is 101 cm³/mol. The molecule has 26 heavy (non-hydrogen) atoms. The van der Waals surface area contributed by atoms with Crippen LogP contribution >= 0.6 is 27.7 Å². The van der Waals surface area contributed by atoms with Gasteiger partial charge in [0.25, 0.3) is 11.1 Å². The van der Waals surface area contributed by atoms with Gasteiger partial charge in [-0.3, -0.25) is 19.3 Å². The van der Waals surface area contributed by atoms with Crippen LogP contribution in [0.3, 0.4) is 0 Å². The fourth-order valence-corrected chi connectivity index (χ4v) is 3.90. The number of carbonyl (C=O) groups is 3. The molecule has 0 aromatic heterocycles. The van der Waals surface area contributed by atoms with E-state index in [-0.39, 0.29) is 24.2 Å². The quantitative estimate of drug-likeness (QED) is 0.654. The van der Waals surface area contributed by atoms with Gasteiger partial charge in [0.1, 0.15) is 6.54 Å². The molecule has 1 aromatic rings. The van der Waals surface area contributed by atoms with Crippen molar-refractivity contribution in [2.24, 2.45) is 0 Å². The van der Waals surface area contributed by atoms with Crippen molar-refractivity contribution in [2.45, 2.75) is 13.8 Å². The van der Waals surface area contributed by atoms with Gasteiger partial charge in [-0.2, -0.15) is 0 Å². The van der Waals surface area contributed by atoms with E-state index >= 15 is 0 Å². The summed E-state index contributed by atoms with van der Waals surface area (Å²) in [7, 11) is 0. The molecule has 0 atom stereocenters. The van der Waals surface area contributed by atoms with E-state index in [0.717, 1.165) is 16.7 Å². The second kappa shape index (κ2) is 7.71. The summed E-state index contributed by atoms with van der Waals surface area (Å²) < 4.78 is 11.4. The number of imide groups is 1. The lowest BCUT2D eigenvalue weighted by molar-refractivity contribution is -0.135. The van der Waals surface area contributed by atoms with Gasteiger partial charge >= 0.3 is 0 Å².